The maximum atomic E-state index is 11.1. The second-order valence-corrected chi connectivity index (χ2v) is 3.35. The van der Waals surface area contributed by atoms with E-state index in [9.17, 15) is 4.79 Å². The number of ether oxygens (including phenoxy) is 2. The molecule has 1 saturated heterocycles. The molecule has 14 heavy (non-hydrogen) atoms. The van der Waals surface area contributed by atoms with Gasteiger partial charge in [-0.3, -0.25) is 4.79 Å². The van der Waals surface area contributed by atoms with Gasteiger partial charge in [0.25, 0.3) is 0 Å². The second kappa shape index (κ2) is 3.80. The molecule has 0 unspecified atom stereocenters. The lowest BCUT2D eigenvalue weighted by Gasteiger charge is -2.04. The molecule has 0 N–H and O–H groups in total. The van der Waals surface area contributed by atoms with Crippen molar-refractivity contribution in [1.82, 2.24) is 0 Å². The minimum Gasteiger partial charge on any atom is -0.491 e. The molecule has 2 rings (SSSR count). The van der Waals surface area contributed by atoms with Gasteiger partial charge >= 0.3 is 0 Å². The van der Waals surface area contributed by atoms with E-state index in [0.717, 1.165) is 12.4 Å². The number of carbonyl (C=O) groups excluding carboxylic acids is 1. The highest BCUT2D eigenvalue weighted by Gasteiger charge is 2.23. The third kappa shape index (κ3) is 2.33. The number of Topliss-reactive ketones (excluding diaryl/α,β-unsaturated/α-hetero) is 1. The zero-order valence-electron chi connectivity index (χ0n) is 8.03. The first-order valence-electron chi connectivity index (χ1n) is 4.61. The standard InChI is InChI=1S/C11H12O3/c1-8(12)9-3-2-4-10(5-9)13-6-11-7-14-11/h2-5,11H,6-7H2,1H3/t11-/m1/s1. The summed E-state index contributed by atoms with van der Waals surface area (Å²) < 4.78 is 10.5. The molecule has 74 valence electrons. The van der Waals surface area contributed by atoms with Crippen LogP contribution in [0.5, 0.6) is 5.75 Å². The molecule has 1 atom stereocenters. The molecule has 0 radical (unpaired) electrons. The summed E-state index contributed by atoms with van der Waals surface area (Å²) in [4.78, 5) is 11.1. The molecule has 1 aliphatic heterocycles. The van der Waals surface area contributed by atoms with Gasteiger partial charge in [0, 0.05) is 5.56 Å². The highest BCUT2D eigenvalue weighted by atomic mass is 16.6. The molecule has 0 saturated carbocycles. The van der Waals surface area contributed by atoms with Gasteiger partial charge in [0.1, 0.15) is 18.5 Å². The van der Waals surface area contributed by atoms with Crippen molar-refractivity contribution in [2.45, 2.75) is 13.0 Å². The third-order valence-corrected chi connectivity index (χ3v) is 2.08. The Morgan fingerprint density at radius 3 is 3.07 bits per heavy atom. The van der Waals surface area contributed by atoms with Gasteiger partial charge in [-0.15, -0.1) is 0 Å². The van der Waals surface area contributed by atoms with Crippen LogP contribution in [0, 0.1) is 0 Å². The summed E-state index contributed by atoms with van der Waals surface area (Å²) in [5, 5.41) is 0. The van der Waals surface area contributed by atoms with E-state index in [1.807, 2.05) is 12.1 Å². The molecule has 0 amide bonds. The molecule has 3 nitrogen and oxygen atoms in total. The van der Waals surface area contributed by atoms with Gasteiger partial charge in [-0.05, 0) is 19.1 Å². The van der Waals surface area contributed by atoms with Crippen LogP contribution in [0.15, 0.2) is 24.3 Å². The molecule has 1 heterocycles. The van der Waals surface area contributed by atoms with Crippen LogP contribution in [0.1, 0.15) is 17.3 Å². The van der Waals surface area contributed by atoms with E-state index in [1.165, 1.54) is 0 Å². The average molecular weight is 192 g/mol. The molecule has 0 bridgehead atoms. The maximum Gasteiger partial charge on any atom is 0.159 e. The van der Waals surface area contributed by atoms with Crippen LogP contribution in [-0.2, 0) is 4.74 Å². The number of rotatable bonds is 4. The van der Waals surface area contributed by atoms with Gasteiger partial charge in [-0.2, -0.15) is 0 Å². The van der Waals surface area contributed by atoms with Crippen LogP contribution in [0.25, 0.3) is 0 Å². The lowest BCUT2D eigenvalue weighted by atomic mass is 10.1. The Kier molecular flexibility index (Phi) is 2.50. The first-order valence-corrected chi connectivity index (χ1v) is 4.61. The van der Waals surface area contributed by atoms with Crippen molar-refractivity contribution in [3.8, 4) is 5.75 Å². The van der Waals surface area contributed by atoms with Crippen molar-refractivity contribution in [2.75, 3.05) is 13.2 Å². The van der Waals surface area contributed by atoms with Gasteiger partial charge in [0.05, 0.1) is 6.61 Å². The van der Waals surface area contributed by atoms with Crippen molar-refractivity contribution in [3.05, 3.63) is 29.8 Å². The summed E-state index contributed by atoms with van der Waals surface area (Å²) in [5.74, 6) is 0.784. The Bertz CT molecular complexity index is 342. The summed E-state index contributed by atoms with van der Waals surface area (Å²) in [6.07, 6.45) is 0.246. The van der Waals surface area contributed by atoms with Gasteiger partial charge in [-0.25, -0.2) is 0 Å². The molecule has 0 aromatic heterocycles. The van der Waals surface area contributed by atoms with Crippen molar-refractivity contribution >= 4 is 5.78 Å². The quantitative estimate of drug-likeness (QED) is 0.538. The van der Waals surface area contributed by atoms with Crippen LogP contribution in [0.2, 0.25) is 0 Å². The van der Waals surface area contributed by atoms with Crippen LogP contribution < -0.4 is 4.74 Å². The molecule has 1 aliphatic rings. The Morgan fingerprint density at radius 2 is 2.43 bits per heavy atom. The van der Waals surface area contributed by atoms with E-state index in [2.05, 4.69) is 0 Å². The van der Waals surface area contributed by atoms with Crippen molar-refractivity contribution in [2.24, 2.45) is 0 Å². The Labute approximate surface area is 82.6 Å². The lowest BCUT2D eigenvalue weighted by Crippen LogP contribution is -2.04. The van der Waals surface area contributed by atoms with Crippen molar-refractivity contribution < 1.29 is 14.3 Å². The van der Waals surface area contributed by atoms with Gasteiger partial charge < -0.3 is 9.47 Å². The normalized spacial score (nSPS) is 19.1. The summed E-state index contributed by atoms with van der Waals surface area (Å²) in [6.45, 7) is 2.90. The Balaban J connectivity index is 2.01. The smallest absolute Gasteiger partial charge is 0.159 e. The van der Waals surface area contributed by atoms with E-state index in [4.69, 9.17) is 9.47 Å². The zero-order valence-corrected chi connectivity index (χ0v) is 8.03. The lowest BCUT2D eigenvalue weighted by molar-refractivity contribution is 0.101. The largest absolute Gasteiger partial charge is 0.491 e. The van der Waals surface area contributed by atoms with Crippen LogP contribution >= 0.6 is 0 Å². The number of ketones is 1. The van der Waals surface area contributed by atoms with Crippen LogP contribution in [-0.4, -0.2) is 25.1 Å². The maximum absolute atomic E-state index is 11.1. The second-order valence-electron chi connectivity index (χ2n) is 3.35. The summed E-state index contributed by atoms with van der Waals surface area (Å²) >= 11 is 0. The van der Waals surface area contributed by atoms with E-state index in [0.29, 0.717) is 12.2 Å². The first-order chi connectivity index (χ1) is 6.75. The fraction of sp³-hybridized carbons (Fsp3) is 0.364. The first kappa shape index (κ1) is 9.21. The molecule has 0 aliphatic carbocycles. The van der Waals surface area contributed by atoms with E-state index >= 15 is 0 Å². The number of carbonyl (C=O) groups is 1. The van der Waals surface area contributed by atoms with E-state index in [-0.39, 0.29) is 11.9 Å². The van der Waals surface area contributed by atoms with Crippen LogP contribution in [0.3, 0.4) is 0 Å². The third-order valence-electron chi connectivity index (χ3n) is 2.08. The van der Waals surface area contributed by atoms with Crippen molar-refractivity contribution in [3.63, 3.8) is 0 Å². The fourth-order valence-corrected chi connectivity index (χ4v) is 1.16. The molecule has 0 spiro atoms. The predicted molar refractivity (Wildman–Crippen MR) is 51.7 cm³/mol. The summed E-state index contributed by atoms with van der Waals surface area (Å²) in [5.41, 5.74) is 0.680. The Morgan fingerprint density at radius 1 is 1.64 bits per heavy atom. The molecular formula is C11H12O3. The van der Waals surface area contributed by atoms with Crippen molar-refractivity contribution in [1.29, 1.82) is 0 Å². The topological polar surface area (TPSA) is 38.8 Å². The monoisotopic (exact) mass is 192 g/mol. The highest BCUT2D eigenvalue weighted by molar-refractivity contribution is 5.94. The zero-order chi connectivity index (χ0) is 9.97. The minimum atomic E-state index is 0.0538. The van der Waals surface area contributed by atoms with Gasteiger partial charge in [0.2, 0.25) is 0 Å². The fourth-order valence-electron chi connectivity index (χ4n) is 1.16. The van der Waals surface area contributed by atoms with Gasteiger partial charge in [0.15, 0.2) is 5.78 Å². The number of hydrogen-bond acceptors (Lipinski definition) is 3. The molecular weight excluding hydrogens is 180 g/mol. The number of benzene rings is 1. The average Bonchev–Trinajstić information content (AvgIpc) is 2.99. The summed E-state index contributed by atoms with van der Waals surface area (Å²) in [6, 6.07) is 7.20. The molecule has 3 heteroatoms. The minimum absolute atomic E-state index is 0.0538. The van der Waals surface area contributed by atoms with E-state index in [1.54, 1.807) is 19.1 Å². The van der Waals surface area contributed by atoms with Gasteiger partial charge in [-0.1, -0.05) is 12.1 Å². The predicted octanol–water partition coefficient (Wildman–Crippen LogP) is 1.67. The number of epoxide rings is 1. The Hall–Kier alpha value is -1.35. The number of hydrogen-bond donors (Lipinski definition) is 0. The highest BCUT2D eigenvalue weighted by Crippen LogP contribution is 2.16. The molecule has 1 fully saturated rings. The molecule has 1 aromatic rings. The SMILES string of the molecule is CC(=O)c1cccc(OC[C@@H]2CO2)c1. The molecule has 1 aromatic carbocycles. The van der Waals surface area contributed by atoms with E-state index < -0.39 is 0 Å². The van der Waals surface area contributed by atoms with Crippen LogP contribution in [0.4, 0.5) is 0 Å². The summed E-state index contributed by atoms with van der Waals surface area (Å²) in [7, 11) is 0.